The van der Waals surface area contributed by atoms with Crippen molar-refractivity contribution >= 4 is 11.4 Å². The Bertz CT molecular complexity index is 529. The van der Waals surface area contributed by atoms with E-state index < -0.39 is 6.41 Å². The number of rotatable bonds is 5. The van der Waals surface area contributed by atoms with Crippen molar-refractivity contribution in [2.75, 3.05) is 11.1 Å². The fraction of sp³-hybridized carbons (Fsp3) is 0.200. The van der Waals surface area contributed by atoms with Gasteiger partial charge in [0.25, 0.3) is 0 Å². The third-order valence-corrected chi connectivity index (χ3v) is 2.82. The van der Waals surface area contributed by atoms with Gasteiger partial charge in [-0.2, -0.15) is 0 Å². The number of benzene rings is 2. The Hall–Kier alpha value is -2.04. The fourth-order valence-corrected chi connectivity index (χ4v) is 1.66. The molecular formula is C15H18N2O2. The topological polar surface area (TPSA) is 67.5 Å². The standard InChI is InChI=1S/C15H18N2O2/c1-11-7-8-13(9-14(11)16)17-15(18)19-10-12-5-3-2-4-6-12/h2-9,15,17-18H,10,16H2,1H3. The average molecular weight is 258 g/mol. The van der Waals surface area contributed by atoms with Gasteiger partial charge in [-0.15, -0.1) is 0 Å². The van der Waals surface area contributed by atoms with Gasteiger partial charge in [0.2, 0.25) is 6.41 Å². The molecule has 0 aliphatic heterocycles. The molecule has 19 heavy (non-hydrogen) atoms. The molecule has 1 atom stereocenters. The number of aliphatic hydroxyl groups excluding tert-OH is 1. The number of nitrogens with one attached hydrogen (secondary N) is 1. The number of hydrogen-bond donors (Lipinski definition) is 3. The van der Waals surface area contributed by atoms with Gasteiger partial charge in [-0.3, -0.25) is 0 Å². The number of aliphatic hydroxyl groups is 1. The zero-order chi connectivity index (χ0) is 13.7. The number of anilines is 2. The first-order valence-corrected chi connectivity index (χ1v) is 6.11. The molecule has 4 nitrogen and oxygen atoms in total. The molecule has 4 N–H and O–H groups in total. The molecule has 1 unspecified atom stereocenters. The van der Waals surface area contributed by atoms with Crippen molar-refractivity contribution < 1.29 is 9.84 Å². The van der Waals surface area contributed by atoms with Crippen LogP contribution in [0.25, 0.3) is 0 Å². The van der Waals surface area contributed by atoms with Crippen molar-refractivity contribution in [1.82, 2.24) is 0 Å². The summed E-state index contributed by atoms with van der Waals surface area (Å²) < 4.78 is 5.31. The van der Waals surface area contributed by atoms with E-state index in [9.17, 15) is 5.11 Å². The van der Waals surface area contributed by atoms with Crippen molar-refractivity contribution in [2.24, 2.45) is 0 Å². The summed E-state index contributed by atoms with van der Waals surface area (Å²) in [5.74, 6) is 0. The number of ether oxygens (including phenoxy) is 1. The average Bonchev–Trinajstić information content (AvgIpc) is 2.42. The summed E-state index contributed by atoms with van der Waals surface area (Å²) >= 11 is 0. The van der Waals surface area contributed by atoms with Crippen molar-refractivity contribution in [3.05, 3.63) is 59.7 Å². The van der Waals surface area contributed by atoms with Gasteiger partial charge in [0.05, 0.1) is 6.61 Å². The molecular weight excluding hydrogens is 240 g/mol. The number of nitrogens with two attached hydrogens (primary N) is 1. The maximum Gasteiger partial charge on any atom is 0.235 e. The molecule has 4 heteroatoms. The number of aryl methyl sites for hydroxylation is 1. The maximum atomic E-state index is 9.75. The fourth-order valence-electron chi connectivity index (χ4n) is 1.66. The lowest BCUT2D eigenvalue weighted by Gasteiger charge is -2.15. The molecule has 0 amide bonds. The second-order valence-corrected chi connectivity index (χ2v) is 4.36. The predicted octanol–water partition coefficient (Wildman–Crippen LogP) is 2.48. The van der Waals surface area contributed by atoms with Crippen LogP contribution in [0, 0.1) is 6.92 Å². The zero-order valence-corrected chi connectivity index (χ0v) is 10.8. The highest BCUT2D eigenvalue weighted by Crippen LogP contribution is 2.17. The SMILES string of the molecule is Cc1ccc(NC(O)OCc2ccccc2)cc1N. The Balaban J connectivity index is 1.87. The summed E-state index contributed by atoms with van der Waals surface area (Å²) in [6.07, 6.45) is -1.07. The molecule has 0 aromatic heterocycles. The van der Waals surface area contributed by atoms with E-state index in [1.54, 1.807) is 6.07 Å². The lowest BCUT2D eigenvalue weighted by atomic mass is 10.2. The lowest BCUT2D eigenvalue weighted by molar-refractivity contribution is -0.0871. The smallest absolute Gasteiger partial charge is 0.235 e. The van der Waals surface area contributed by atoms with E-state index in [0.29, 0.717) is 12.3 Å². The van der Waals surface area contributed by atoms with Gasteiger partial charge in [-0.1, -0.05) is 36.4 Å². The summed E-state index contributed by atoms with van der Waals surface area (Å²) in [5.41, 5.74) is 9.22. The van der Waals surface area contributed by atoms with Gasteiger partial charge in [0.15, 0.2) is 0 Å². The van der Waals surface area contributed by atoms with E-state index in [1.165, 1.54) is 0 Å². The van der Waals surface area contributed by atoms with Crippen LogP contribution < -0.4 is 11.1 Å². The number of nitrogen functional groups attached to an aromatic ring is 1. The van der Waals surface area contributed by atoms with Crippen molar-refractivity contribution in [1.29, 1.82) is 0 Å². The number of hydrogen-bond acceptors (Lipinski definition) is 4. The summed E-state index contributed by atoms with van der Waals surface area (Å²) in [7, 11) is 0. The van der Waals surface area contributed by atoms with Crippen LogP contribution in [-0.4, -0.2) is 11.5 Å². The van der Waals surface area contributed by atoms with E-state index in [2.05, 4.69) is 5.32 Å². The first kappa shape index (κ1) is 13.4. The molecule has 0 saturated heterocycles. The molecule has 0 spiro atoms. The van der Waals surface area contributed by atoms with Crippen LogP contribution in [0.4, 0.5) is 11.4 Å². The van der Waals surface area contributed by atoms with Gasteiger partial charge in [-0.25, -0.2) is 0 Å². The molecule has 0 fully saturated rings. The molecule has 100 valence electrons. The molecule has 0 heterocycles. The van der Waals surface area contributed by atoms with E-state index >= 15 is 0 Å². The lowest BCUT2D eigenvalue weighted by Crippen LogP contribution is -2.22. The highest BCUT2D eigenvalue weighted by Gasteiger charge is 2.05. The van der Waals surface area contributed by atoms with Crippen LogP contribution in [-0.2, 0) is 11.3 Å². The normalized spacial score (nSPS) is 12.1. The van der Waals surface area contributed by atoms with Crippen LogP contribution in [0.15, 0.2) is 48.5 Å². The van der Waals surface area contributed by atoms with E-state index in [1.807, 2.05) is 49.4 Å². The van der Waals surface area contributed by atoms with Crippen LogP contribution in [0.1, 0.15) is 11.1 Å². The first-order chi connectivity index (χ1) is 9.15. The largest absolute Gasteiger partial charge is 0.398 e. The van der Waals surface area contributed by atoms with Gasteiger partial charge in [-0.05, 0) is 30.2 Å². The van der Waals surface area contributed by atoms with E-state index in [0.717, 1.165) is 16.8 Å². The quantitative estimate of drug-likeness (QED) is 0.569. The van der Waals surface area contributed by atoms with Crippen molar-refractivity contribution in [3.63, 3.8) is 0 Å². The van der Waals surface area contributed by atoms with Crippen LogP contribution in [0.5, 0.6) is 0 Å². The van der Waals surface area contributed by atoms with Crippen molar-refractivity contribution in [2.45, 2.75) is 19.9 Å². The molecule has 0 aliphatic rings. The molecule has 2 aromatic carbocycles. The van der Waals surface area contributed by atoms with E-state index in [-0.39, 0.29) is 0 Å². The molecule has 0 radical (unpaired) electrons. The minimum atomic E-state index is -1.07. The third-order valence-electron chi connectivity index (χ3n) is 2.82. The molecule has 0 bridgehead atoms. The first-order valence-electron chi connectivity index (χ1n) is 6.11. The third kappa shape index (κ3) is 3.98. The summed E-state index contributed by atoms with van der Waals surface area (Å²) in [6, 6.07) is 15.2. The minimum Gasteiger partial charge on any atom is -0.398 e. The zero-order valence-electron chi connectivity index (χ0n) is 10.8. The highest BCUT2D eigenvalue weighted by molar-refractivity contribution is 5.58. The summed E-state index contributed by atoms with van der Waals surface area (Å²) in [5, 5.41) is 12.6. The van der Waals surface area contributed by atoms with Crippen LogP contribution in [0.2, 0.25) is 0 Å². The van der Waals surface area contributed by atoms with Gasteiger partial charge in [0, 0.05) is 11.4 Å². The Labute approximate surface area is 112 Å². The summed E-state index contributed by atoms with van der Waals surface area (Å²) in [4.78, 5) is 0. The van der Waals surface area contributed by atoms with Gasteiger partial charge >= 0.3 is 0 Å². The van der Waals surface area contributed by atoms with Crippen LogP contribution in [0.3, 0.4) is 0 Å². The Kier molecular flexibility index (Phi) is 4.39. The summed E-state index contributed by atoms with van der Waals surface area (Å²) in [6.45, 7) is 2.28. The Morgan fingerprint density at radius 3 is 2.63 bits per heavy atom. The second-order valence-electron chi connectivity index (χ2n) is 4.36. The van der Waals surface area contributed by atoms with Crippen LogP contribution >= 0.6 is 0 Å². The van der Waals surface area contributed by atoms with Gasteiger partial charge in [0.1, 0.15) is 0 Å². The van der Waals surface area contributed by atoms with Gasteiger partial charge < -0.3 is 20.9 Å². The Morgan fingerprint density at radius 2 is 1.95 bits per heavy atom. The molecule has 0 saturated carbocycles. The molecule has 0 aliphatic carbocycles. The molecule has 2 rings (SSSR count). The van der Waals surface area contributed by atoms with Crippen molar-refractivity contribution in [3.8, 4) is 0 Å². The minimum absolute atomic E-state index is 0.344. The Morgan fingerprint density at radius 1 is 1.21 bits per heavy atom. The highest BCUT2D eigenvalue weighted by atomic mass is 16.6. The maximum absolute atomic E-state index is 9.75. The second kappa shape index (κ2) is 6.22. The van der Waals surface area contributed by atoms with E-state index in [4.69, 9.17) is 10.5 Å². The molecule has 2 aromatic rings. The predicted molar refractivity (Wildman–Crippen MR) is 76.5 cm³/mol. The monoisotopic (exact) mass is 258 g/mol.